The minimum Gasteiger partial charge on any atom is -0.465 e. The molecule has 0 unspecified atom stereocenters. The molecule has 6 heteroatoms. The van der Waals surface area contributed by atoms with E-state index < -0.39 is 12.0 Å². The maximum Gasteiger partial charge on any atom is 0.410 e. The van der Waals surface area contributed by atoms with Crippen LogP contribution in [0, 0.1) is 0 Å². The number of hydrogen-bond acceptors (Lipinski definition) is 3. The summed E-state index contributed by atoms with van der Waals surface area (Å²) in [5.74, 6) is -0.627. The molecule has 6 nitrogen and oxygen atoms in total. The largest absolute Gasteiger partial charge is 0.465 e. The van der Waals surface area contributed by atoms with Crippen molar-refractivity contribution < 1.29 is 14.7 Å². The normalized spacial score (nSPS) is 9.23. The number of anilines is 1. The zero-order chi connectivity index (χ0) is 9.84. The number of aromatic nitrogens is 1. The second kappa shape index (κ2) is 3.53. The molecule has 0 atom stereocenters. The standard InChI is InChI=1S/C7H7N3O3/c8-6(11)4-2-1-3-5(9-4)10-7(12)13/h1-3H,(H2,8,11)(H,9,10)(H,12,13). The third-order valence-electron chi connectivity index (χ3n) is 1.24. The Bertz CT molecular complexity index is 351. The molecule has 68 valence electrons. The van der Waals surface area contributed by atoms with Gasteiger partial charge in [0.2, 0.25) is 0 Å². The van der Waals surface area contributed by atoms with Crippen LogP contribution in [0.3, 0.4) is 0 Å². The second-order valence-corrected chi connectivity index (χ2v) is 2.20. The van der Waals surface area contributed by atoms with Crippen LogP contribution in [-0.2, 0) is 0 Å². The Morgan fingerprint density at radius 2 is 2.15 bits per heavy atom. The highest BCUT2D eigenvalue weighted by molar-refractivity contribution is 5.91. The third kappa shape index (κ3) is 2.44. The zero-order valence-electron chi connectivity index (χ0n) is 6.52. The lowest BCUT2D eigenvalue weighted by Gasteiger charge is -2.00. The molecule has 0 radical (unpaired) electrons. The van der Waals surface area contributed by atoms with E-state index in [0.717, 1.165) is 0 Å². The van der Waals surface area contributed by atoms with Crippen molar-refractivity contribution in [2.24, 2.45) is 5.73 Å². The molecule has 0 saturated carbocycles. The molecule has 1 heterocycles. The number of hydrogen-bond donors (Lipinski definition) is 3. The van der Waals surface area contributed by atoms with Crippen LogP contribution in [0.2, 0.25) is 0 Å². The summed E-state index contributed by atoms with van der Waals surface area (Å²) in [6, 6.07) is 4.30. The summed E-state index contributed by atoms with van der Waals surface area (Å²) >= 11 is 0. The maximum absolute atomic E-state index is 10.6. The van der Waals surface area contributed by atoms with Gasteiger partial charge in [0.05, 0.1) is 0 Å². The minimum atomic E-state index is -1.24. The number of pyridine rings is 1. The van der Waals surface area contributed by atoms with Gasteiger partial charge in [-0.05, 0) is 12.1 Å². The van der Waals surface area contributed by atoms with E-state index in [1.165, 1.54) is 18.2 Å². The molecule has 0 spiro atoms. The predicted molar refractivity (Wildman–Crippen MR) is 44.4 cm³/mol. The average Bonchev–Trinajstić information content (AvgIpc) is 2.03. The van der Waals surface area contributed by atoms with Gasteiger partial charge in [-0.3, -0.25) is 10.1 Å². The van der Waals surface area contributed by atoms with E-state index in [1.807, 2.05) is 5.32 Å². The number of carbonyl (C=O) groups is 2. The molecular formula is C7H7N3O3. The van der Waals surface area contributed by atoms with E-state index in [-0.39, 0.29) is 11.5 Å². The molecule has 1 rings (SSSR count). The van der Waals surface area contributed by atoms with Gasteiger partial charge in [0, 0.05) is 0 Å². The van der Waals surface area contributed by atoms with Gasteiger partial charge in [0.25, 0.3) is 5.91 Å². The molecule has 0 fully saturated rings. The van der Waals surface area contributed by atoms with Crippen LogP contribution >= 0.6 is 0 Å². The molecular weight excluding hydrogens is 174 g/mol. The van der Waals surface area contributed by atoms with Gasteiger partial charge in [0.15, 0.2) is 0 Å². The molecule has 0 aliphatic heterocycles. The van der Waals surface area contributed by atoms with Gasteiger partial charge in [-0.1, -0.05) is 6.07 Å². The molecule has 0 aliphatic carbocycles. The number of nitrogens with zero attached hydrogens (tertiary/aromatic N) is 1. The van der Waals surface area contributed by atoms with Crippen LogP contribution in [0.25, 0.3) is 0 Å². The van der Waals surface area contributed by atoms with Crippen LogP contribution in [0.4, 0.5) is 10.6 Å². The summed E-state index contributed by atoms with van der Waals surface area (Å²) in [6.45, 7) is 0. The van der Waals surface area contributed by atoms with E-state index in [1.54, 1.807) is 0 Å². The molecule has 0 aliphatic rings. The lowest BCUT2D eigenvalue weighted by Crippen LogP contribution is -2.15. The Balaban J connectivity index is 2.91. The molecule has 13 heavy (non-hydrogen) atoms. The fourth-order valence-corrected chi connectivity index (χ4v) is 0.751. The average molecular weight is 181 g/mol. The molecule has 1 aromatic heterocycles. The maximum atomic E-state index is 10.6. The summed E-state index contributed by atoms with van der Waals surface area (Å²) < 4.78 is 0. The van der Waals surface area contributed by atoms with Crippen molar-refractivity contribution in [1.82, 2.24) is 4.98 Å². The van der Waals surface area contributed by atoms with Crippen LogP contribution in [0.15, 0.2) is 18.2 Å². The lowest BCUT2D eigenvalue weighted by atomic mass is 10.3. The number of nitrogens with two attached hydrogens (primary N) is 1. The van der Waals surface area contributed by atoms with E-state index in [0.29, 0.717) is 0 Å². The van der Waals surface area contributed by atoms with Crippen molar-refractivity contribution in [3.8, 4) is 0 Å². The molecule has 0 saturated heterocycles. The SMILES string of the molecule is NC(=O)c1cccc(NC(=O)O)n1. The van der Waals surface area contributed by atoms with E-state index in [9.17, 15) is 9.59 Å². The summed E-state index contributed by atoms with van der Waals surface area (Å²) in [7, 11) is 0. The smallest absolute Gasteiger partial charge is 0.410 e. The Morgan fingerprint density at radius 3 is 2.69 bits per heavy atom. The quantitative estimate of drug-likeness (QED) is 0.608. The van der Waals surface area contributed by atoms with Crippen molar-refractivity contribution >= 4 is 17.8 Å². The highest BCUT2D eigenvalue weighted by Gasteiger charge is 2.04. The zero-order valence-corrected chi connectivity index (χ0v) is 6.52. The first-order chi connectivity index (χ1) is 6.09. The van der Waals surface area contributed by atoms with Crippen molar-refractivity contribution in [3.05, 3.63) is 23.9 Å². The molecule has 0 aromatic carbocycles. The first-order valence-corrected chi connectivity index (χ1v) is 3.36. The van der Waals surface area contributed by atoms with Crippen LogP contribution in [0.5, 0.6) is 0 Å². The van der Waals surface area contributed by atoms with Gasteiger partial charge in [-0.25, -0.2) is 9.78 Å². The Hall–Kier alpha value is -2.11. The van der Waals surface area contributed by atoms with E-state index in [2.05, 4.69) is 4.98 Å². The van der Waals surface area contributed by atoms with Gasteiger partial charge in [0.1, 0.15) is 11.5 Å². The highest BCUT2D eigenvalue weighted by atomic mass is 16.4. The number of amides is 2. The first-order valence-electron chi connectivity index (χ1n) is 3.36. The predicted octanol–water partition coefficient (Wildman–Crippen LogP) is 0.270. The first kappa shape index (κ1) is 8.98. The van der Waals surface area contributed by atoms with Crippen LogP contribution in [-0.4, -0.2) is 22.1 Å². The molecule has 2 amide bonds. The Morgan fingerprint density at radius 1 is 1.46 bits per heavy atom. The van der Waals surface area contributed by atoms with Gasteiger partial charge < -0.3 is 10.8 Å². The summed E-state index contributed by atoms with van der Waals surface area (Å²) in [6.07, 6.45) is -1.24. The fourth-order valence-electron chi connectivity index (χ4n) is 0.751. The van der Waals surface area contributed by atoms with Crippen molar-refractivity contribution in [2.75, 3.05) is 5.32 Å². The molecule has 1 aromatic rings. The van der Waals surface area contributed by atoms with Crippen molar-refractivity contribution in [3.63, 3.8) is 0 Å². The topological polar surface area (TPSA) is 105 Å². The van der Waals surface area contributed by atoms with Crippen LogP contribution < -0.4 is 11.1 Å². The number of carboxylic acid groups (broad SMARTS) is 1. The number of primary amides is 1. The number of nitrogens with one attached hydrogen (secondary N) is 1. The summed E-state index contributed by atoms with van der Waals surface area (Å²) in [5.41, 5.74) is 4.96. The van der Waals surface area contributed by atoms with Gasteiger partial charge >= 0.3 is 6.09 Å². The monoisotopic (exact) mass is 181 g/mol. The number of rotatable bonds is 2. The molecule has 4 N–H and O–H groups in total. The highest BCUT2D eigenvalue weighted by Crippen LogP contribution is 2.03. The van der Waals surface area contributed by atoms with E-state index >= 15 is 0 Å². The Kier molecular flexibility index (Phi) is 2.44. The van der Waals surface area contributed by atoms with Gasteiger partial charge in [-0.2, -0.15) is 0 Å². The second-order valence-electron chi connectivity index (χ2n) is 2.20. The van der Waals surface area contributed by atoms with Crippen molar-refractivity contribution in [1.29, 1.82) is 0 Å². The van der Waals surface area contributed by atoms with Crippen molar-refractivity contribution in [2.45, 2.75) is 0 Å². The fraction of sp³-hybridized carbons (Fsp3) is 0. The van der Waals surface area contributed by atoms with E-state index in [4.69, 9.17) is 10.8 Å². The van der Waals surface area contributed by atoms with Gasteiger partial charge in [-0.15, -0.1) is 0 Å². The number of carbonyl (C=O) groups excluding carboxylic acids is 1. The third-order valence-corrected chi connectivity index (χ3v) is 1.24. The summed E-state index contributed by atoms with van der Waals surface area (Å²) in [4.78, 5) is 24.5. The van der Waals surface area contributed by atoms with Crippen LogP contribution in [0.1, 0.15) is 10.5 Å². The molecule has 0 bridgehead atoms. The summed E-state index contributed by atoms with van der Waals surface area (Å²) in [5, 5.41) is 10.3. The lowest BCUT2D eigenvalue weighted by molar-refractivity contribution is 0.0995. The minimum absolute atomic E-state index is 0.0197. The Labute approximate surface area is 73.4 Å².